The van der Waals surface area contributed by atoms with Gasteiger partial charge in [-0.2, -0.15) is 0 Å². The zero-order valence-corrected chi connectivity index (χ0v) is 10.7. The minimum absolute atomic E-state index is 0.0993. The lowest BCUT2D eigenvalue weighted by atomic mass is 10.1. The van der Waals surface area contributed by atoms with Crippen molar-refractivity contribution in [1.82, 2.24) is 5.10 Å². The summed E-state index contributed by atoms with van der Waals surface area (Å²) in [6, 6.07) is 13.4. The highest BCUT2D eigenvalue weighted by atomic mass is 19.1. The molecule has 1 aromatic heterocycles. The van der Waals surface area contributed by atoms with Crippen LogP contribution in [0.2, 0.25) is 0 Å². The van der Waals surface area contributed by atoms with Crippen molar-refractivity contribution in [3.8, 4) is 0 Å². The fraction of sp³-hybridized carbons (Fsp3) is 0.0625. The highest BCUT2D eigenvalue weighted by molar-refractivity contribution is 5.95. The van der Waals surface area contributed by atoms with E-state index in [0.29, 0.717) is 5.56 Å². The third kappa shape index (κ3) is 2.54. The summed E-state index contributed by atoms with van der Waals surface area (Å²) in [5.41, 5.74) is 0.480. The van der Waals surface area contributed by atoms with Crippen LogP contribution in [0, 0.1) is 5.82 Å². The Morgan fingerprint density at radius 3 is 2.50 bits per heavy atom. The van der Waals surface area contributed by atoms with Crippen LogP contribution in [0.25, 0.3) is 10.8 Å². The van der Waals surface area contributed by atoms with E-state index in [1.54, 1.807) is 10.9 Å². The second kappa shape index (κ2) is 5.17. The molecular formula is C16H12FN2O+. The van der Waals surface area contributed by atoms with Gasteiger partial charge in [0, 0.05) is 16.3 Å². The Morgan fingerprint density at radius 1 is 1.05 bits per heavy atom. The van der Waals surface area contributed by atoms with Crippen LogP contribution in [-0.4, -0.2) is 10.9 Å². The van der Waals surface area contributed by atoms with Gasteiger partial charge in [-0.3, -0.25) is 4.79 Å². The number of Topliss-reactive ketones (excluding diaryl/α,β-unsaturated/α-hetero) is 1. The molecule has 0 saturated heterocycles. The smallest absolute Gasteiger partial charge is 0.236 e. The average molecular weight is 267 g/mol. The first kappa shape index (κ1) is 12.4. The van der Waals surface area contributed by atoms with Crippen molar-refractivity contribution in [2.24, 2.45) is 0 Å². The number of halogens is 1. The number of hydrogen-bond donors (Lipinski definition) is 0. The number of carbonyl (C=O) groups is 1. The van der Waals surface area contributed by atoms with Crippen molar-refractivity contribution in [3.05, 3.63) is 72.3 Å². The summed E-state index contributed by atoms with van der Waals surface area (Å²) < 4.78 is 14.4. The minimum Gasteiger partial charge on any atom is -0.287 e. The van der Waals surface area contributed by atoms with Gasteiger partial charge in [0.15, 0.2) is 0 Å². The molecule has 0 spiro atoms. The number of carbonyl (C=O) groups excluding carboxylic acids is 1. The molecule has 98 valence electrons. The predicted molar refractivity (Wildman–Crippen MR) is 72.7 cm³/mol. The number of hydrogen-bond acceptors (Lipinski definition) is 2. The Bertz CT molecular complexity index is 769. The van der Waals surface area contributed by atoms with E-state index in [4.69, 9.17) is 0 Å². The topological polar surface area (TPSA) is 33.8 Å². The predicted octanol–water partition coefficient (Wildman–Crippen LogP) is 2.54. The lowest BCUT2D eigenvalue weighted by Gasteiger charge is -1.98. The van der Waals surface area contributed by atoms with Gasteiger partial charge in [0.25, 0.3) is 0 Å². The molecule has 0 fully saturated rings. The van der Waals surface area contributed by atoms with Crippen molar-refractivity contribution in [2.45, 2.75) is 6.54 Å². The van der Waals surface area contributed by atoms with Crippen LogP contribution in [0.15, 0.2) is 60.9 Å². The molecule has 4 heteroatoms. The van der Waals surface area contributed by atoms with Crippen molar-refractivity contribution >= 4 is 16.6 Å². The van der Waals surface area contributed by atoms with Crippen molar-refractivity contribution < 1.29 is 13.9 Å². The Balaban J connectivity index is 1.85. The van der Waals surface area contributed by atoms with E-state index in [-0.39, 0.29) is 18.1 Å². The quantitative estimate of drug-likeness (QED) is 0.540. The molecule has 0 unspecified atom stereocenters. The second-order valence-corrected chi connectivity index (χ2v) is 4.53. The van der Waals surface area contributed by atoms with Gasteiger partial charge in [-0.25, -0.2) is 4.39 Å². The van der Waals surface area contributed by atoms with Crippen LogP contribution in [0.4, 0.5) is 4.39 Å². The summed E-state index contributed by atoms with van der Waals surface area (Å²) >= 11 is 0. The summed E-state index contributed by atoms with van der Waals surface area (Å²) in [6.07, 6.45) is 3.56. The van der Waals surface area contributed by atoms with Gasteiger partial charge < -0.3 is 0 Å². The fourth-order valence-electron chi connectivity index (χ4n) is 2.04. The van der Waals surface area contributed by atoms with E-state index in [0.717, 1.165) is 10.8 Å². The van der Waals surface area contributed by atoms with E-state index in [2.05, 4.69) is 5.10 Å². The monoisotopic (exact) mass is 267 g/mol. The first-order valence-electron chi connectivity index (χ1n) is 6.26. The molecule has 0 atom stereocenters. The van der Waals surface area contributed by atoms with Crippen LogP contribution in [0.5, 0.6) is 0 Å². The molecule has 0 aliphatic heterocycles. The molecule has 3 nitrogen and oxygen atoms in total. The number of rotatable bonds is 3. The number of fused-ring (bicyclic) bond motifs is 1. The summed E-state index contributed by atoms with van der Waals surface area (Å²) in [4.78, 5) is 12.1. The Hall–Kier alpha value is -2.62. The normalized spacial score (nSPS) is 10.7. The summed E-state index contributed by atoms with van der Waals surface area (Å²) in [6.45, 7) is 0.135. The van der Waals surface area contributed by atoms with Gasteiger partial charge in [0.2, 0.25) is 18.5 Å². The lowest BCUT2D eigenvalue weighted by Crippen LogP contribution is -2.41. The average Bonchev–Trinajstić information content (AvgIpc) is 2.48. The largest absolute Gasteiger partial charge is 0.287 e. The SMILES string of the molecule is O=C(C[n+]1cc2ccccc2cn1)c1ccc(F)cc1. The van der Waals surface area contributed by atoms with Crippen LogP contribution in [0.1, 0.15) is 10.4 Å². The van der Waals surface area contributed by atoms with E-state index >= 15 is 0 Å². The van der Waals surface area contributed by atoms with Gasteiger partial charge in [0.1, 0.15) is 12.0 Å². The number of benzene rings is 2. The first-order valence-corrected chi connectivity index (χ1v) is 6.26. The first-order chi connectivity index (χ1) is 9.72. The molecule has 1 heterocycles. The highest BCUT2D eigenvalue weighted by Gasteiger charge is 2.14. The Labute approximate surface area is 115 Å². The van der Waals surface area contributed by atoms with Gasteiger partial charge in [-0.05, 0) is 35.4 Å². The van der Waals surface area contributed by atoms with E-state index in [9.17, 15) is 9.18 Å². The molecule has 3 rings (SSSR count). The molecule has 20 heavy (non-hydrogen) atoms. The van der Waals surface area contributed by atoms with Crippen molar-refractivity contribution in [2.75, 3.05) is 0 Å². The molecule has 0 aliphatic rings. The molecule has 0 amide bonds. The summed E-state index contributed by atoms with van der Waals surface area (Å²) in [5, 5.41) is 6.26. The Morgan fingerprint density at radius 2 is 1.75 bits per heavy atom. The van der Waals surface area contributed by atoms with Crippen LogP contribution >= 0.6 is 0 Å². The third-order valence-electron chi connectivity index (χ3n) is 3.10. The van der Waals surface area contributed by atoms with E-state index in [1.807, 2.05) is 30.5 Å². The molecular weight excluding hydrogens is 255 g/mol. The zero-order chi connectivity index (χ0) is 13.9. The molecule has 2 aromatic carbocycles. The second-order valence-electron chi connectivity index (χ2n) is 4.53. The van der Waals surface area contributed by atoms with Gasteiger partial charge in [0.05, 0.1) is 0 Å². The Kier molecular flexibility index (Phi) is 3.21. The molecule has 0 aliphatic carbocycles. The zero-order valence-electron chi connectivity index (χ0n) is 10.7. The third-order valence-corrected chi connectivity index (χ3v) is 3.10. The molecule has 0 bridgehead atoms. The van der Waals surface area contributed by atoms with Crippen LogP contribution in [0.3, 0.4) is 0 Å². The van der Waals surface area contributed by atoms with E-state index in [1.165, 1.54) is 24.3 Å². The number of aromatic nitrogens is 2. The maximum atomic E-state index is 12.8. The van der Waals surface area contributed by atoms with Gasteiger partial charge >= 0.3 is 0 Å². The highest BCUT2D eigenvalue weighted by Crippen LogP contribution is 2.09. The van der Waals surface area contributed by atoms with Gasteiger partial charge in [-0.1, -0.05) is 22.9 Å². The standard InChI is InChI=1S/C16H12FN2O/c17-15-7-5-12(6-8-15)16(20)11-19-10-14-4-2-1-3-13(14)9-18-19/h1-10H,11H2/q+1. The summed E-state index contributed by atoms with van der Waals surface area (Å²) in [7, 11) is 0. The summed E-state index contributed by atoms with van der Waals surface area (Å²) in [5.74, 6) is -0.448. The number of ketones is 1. The number of nitrogens with zero attached hydrogens (tertiary/aromatic N) is 2. The van der Waals surface area contributed by atoms with Gasteiger partial charge in [-0.15, -0.1) is 0 Å². The van der Waals surface area contributed by atoms with Crippen molar-refractivity contribution in [3.63, 3.8) is 0 Å². The maximum Gasteiger partial charge on any atom is 0.236 e. The molecule has 0 radical (unpaired) electrons. The molecule has 3 aromatic rings. The van der Waals surface area contributed by atoms with Crippen molar-refractivity contribution in [1.29, 1.82) is 0 Å². The van der Waals surface area contributed by atoms with E-state index < -0.39 is 0 Å². The molecule has 0 saturated carbocycles. The van der Waals surface area contributed by atoms with Crippen LogP contribution < -0.4 is 4.68 Å². The lowest BCUT2D eigenvalue weighted by molar-refractivity contribution is -0.740. The fourth-order valence-corrected chi connectivity index (χ4v) is 2.04. The maximum absolute atomic E-state index is 12.8. The molecule has 0 N–H and O–H groups in total. The van der Waals surface area contributed by atoms with Crippen LogP contribution in [-0.2, 0) is 6.54 Å². The minimum atomic E-state index is -0.349.